The van der Waals surface area contributed by atoms with Crippen molar-refractivity contribution in [3.05, 3.63) is 64.4 Å². The molecule has 1 amide bonds. The van der Waals surface area contributed by atoms with Crippen LogP contribution in [0.3, 0.4) is 0 Å². The third kappa shape index (κ3) is 4.23. The Bertz CT molecular complexity index is 1160. The van der Waals surface area contributed by atoms with E-state index in [0.29, 0.717) is 40.8 Å². The van der Waals surface area contributed by atoms with Gasteiger partial charge in [0.15, 0.2) is 0 Å². The number of primary amides is 1. The maximum Gasteiger partial charge on any atom is 0.280 e. The van der Waals surface area contributed by atoms with Gasteiger partial charge in [-0.05, 0) is 60.7 Å². The number of amides is 1. The van der Waals surface area contributed by atoms with E-state index < -0.39 is 11.5 Å². The van der Waals surface area contributed by atoms with Crippen LogP contribution in [0.4, 0.5) is 0 Å². The maximum atomic E-state index is 13.4. The summed E-state index contributed by atoms with van der Waals surface area (Å²) in [6.45, 7) is 0.477. The van der Waals surface area contributed by atoms with Crippen LogP contribution >= 0.6 is 0 Å². The van der Waals surface area contributed by atoms with Crippen LogP contribution in [0.1, 0.15) is 36.0 Å². The van der Waals surface area contributed by atoms with Crippen molar-refractivity contribution in [2.45, 2.75) is 32.2 Å². The van der Waals surface area contributed by atoms with Gasteiger partial charge in [0, 0.05) is 17.7 Å². The first-order valence-corrected chi connectivity index (χ1v) is 10.8. The van der Waals surface area contributed by atoms with Crippen molar-refractivity contribution in [3.63, 3.8) is 0 Å². The Morgan fingerprint density at radius 2 is 1.50 bits per heavy atom. The molecule has 0 aliphatic heterocycles. The molecule has 0 unspecified atom stereocenters. The van der Waals surface area contributed by atoms with Crippen molar-refractivity contribution < 1.29 is 14.3 Å². The molecular weight excluding hydrogens is 406 g/mol. The van der Waals surface area contributed by atoms with Crippen LogP contribution in [-0.2, 0) is 6.54 Å². The molecule has 1 saturated carbocycles. The van der Waals surface area contributed by atoms with Gasteiger partial charge in [-0.1, -0.05) is 25.0 Å². The molecule has 0 spiro atoms. The largest absolute Gasteiger partial charge is 0.497 e. The van der Waals surface area contributed by atoms with E-state index in [1.807, 2.05) is 24.3 Å². The quantitative estimate of drug-likeness (QED) is 0.610. The molecule has 1 heterocycles. The summed E-state index contributed by atoms with van der Waals surface area (Å²) in [6.07, 6.45) is 4.41. The summed E-state index contributed by atoms with van der Waals surface area (Å²) < 4.78 is 11.9. The Kier molecular flexibility index (Phi) is 6.25. The Balaban J connectivity index is 1.96. The molecule has 1 aromatic heterocycles. The molecule has 1 aliphatic rings. The minimum absolute atomic E-state index is 0.0472. The number of ether oxygens (including phenoxy) is 2. The molecule has 7 nitrogen and oxygen atoms in total. The predicted octanol–water partition coefficient (Wildman–Crippen LogP) is 3.88. The number of rotatable bonds is 7. The number of carbonyl (C=O) groups is 1. The van der Waals surface area contributed by atoms with E-state index in [0.717, 1.165) is 31.2 Å². The summed E-state index contributed by atoms with van der Waals surface area (Å²) in [7, 11) is 3.18. The first-order valence-electron chi connectivity index (χ1n) is 10.8. The summed E-state index contributed by atoms with van der Waals surface area (Å²) in [5.41, 5.74) is 7.65. The van der Waals surface area contributed by atoms with Crippen molar-refractivity contribution in [1.82, 2.24) is 9.78 Å². The number of aromatic nitrogens is 2. The molecule has 2 aromatic carbocycles. The minimum Gasteiger partial charge on any atom is -0.497 e. The number of carbonyl (C=O) groups excluding carboxylic acids is 1. The lowest BCUT2D eigenvalue weighted by atomic mass is 9.95. The summed E-state index contributed by atoms with van der Waals surface area (Å²) in [6, 6.07) is 14.5. The predicted molar refractivity (Wildman–Crippen MR) is 123 cm³/mol. The zero-order valence-corrected chi connectivity index (χ0v) is 18.3. The Morgan fingerprint density at radius 3 is 2.00 bits per heavy atom. The van der Waals surface area contributed by atoms with Crippen molar-refractivity contribution in [2.24, 2.45) is 11.7 Å². The smallest absolute Gasteiger partial charge is 0.280 e. The van der Waals surface area contributed by atoms with E-state index in [-0.39, 0.29) is 5.56 Å². The molecule has 0 saturated heterocycles. The van der Waals surface area contributed by atoms with E-state index >= 15 is 0 Å². The number of nitrogens with two attached hydrogens (primary N) is 1. The lowest BCUT2D eigenvalue weighted by Gasteiger charge is -2.18. The van der Waals surface area contributed by atoms with Crippen molar-refractivity contribution in [2.75, 3.05) is 14.2 Å². The van der Waals surface area contributed by atoms with Gasteiger partial charge in [0.2, 0.25) is 0 Å². The highest BCUT2D eigenvalue weighted by molar-refractivity contribution is 6.02. The first-order chi connectivity index (χ1) is 15.5. The topological polar surface area (TPSA) is 96.4 Å². The van der Waals surface area contributed by atoms with Crippen LogP contribution in [0.25, 0.3) is 22.4 Å². The summed E-state index contributed by atoms with van der Waals surface area (Å²) in [4.78, 5) is 25.9. The van der Waals surface area contributed by atoms with Gasteiger partial charge in [0.1, 0.15) is 17.1 Å². The van der Waals surface area contributed by atoms with Crippen molar-refractivity contribution >= 4 is 5.91 Å². The fourth-order valence-electron chi connectivity index (χ4n) is 4.35. The minimum atomic E-state index is -0.766. The van der Waals surface area contributed by atoms with Gasteiger partial charge in [-0.3, -0.25) is 9.59 Å². The molecule has 7 heteroatoms. The van der Waals surface area contributed by atoms with E-state index in [1.54, 1.807) is 38.5 Å². The van der Waals surface area contributed by atoms with Crippen LogP contribution in [0.5, 0.6) is 11.5 Å². The third-order valence-electron chi connectivity index (χ3n) is 6.05. The van der Waals surface area contributed by atoms with Crippen LogP contribution in [-0.4, -0.2) is 29.9 Å². The fourth-order valence-corrected chi connectivity index (χ4v) is 4.35. The van der Waals surface area contributed by atoms with Gasteiger partial charge in [0.05, 0.1) is 19.9 Å². The zero-order valence-electron chi connectivity index (χ0n) is 18.3. The van der Waals surface area contributed by atoms with Crippen molar-refractivity contribution in [3.8, 4) is 33.9 Å². The zero-order chi connectivity index (χ0) is 22.7. The average Bonchev–Trinajstić information content (AvgIpc) is 3.33. The molecule has 166 valence electrons. The molecule has 1 aliphatic carbocycles. The first kappa shape index (κ1) is 21.6. The number of methoxy groups -OCH3 is 2. The fraction of sp³-hybridized carbons (Fsp3) is 0.320. The molecule has 0 bridgehead atoms. The average molecular weight is 434 g/mol. The lowest BCUT2D eigenvalue weighted by molar-refractivity contribution is 0.0998. The molecule has 3 aromatic rings. The summed E-state index contributed by atoms with van der Waals surface area (Å²) in [5, 5.41) is 4.75. The van der Waals surface area contributed by atoms with E-state index in [2.05, 4.69) is 0 Å². The van der Waals surface area contributed by atoms with Gasteiger partial charge in [-0.25, -0.2) is 4.68 Å². The molecule has 2 N–H and O–H groups in total. The Hall–Kier alpha value is -3.61. The van der Waals surface area contributed by atoms with Gasteiger partial charge in [0.25, 0.3) is 11.5 Å². The van der Waals surface area contributed by atoms with Gasteiger partial charge < -0.3 is 15.2 Å². The molecule has 32 heavy (non-hydrogen) atoms. The normalized spacial score (nSPS) is 13.8. The van der Waals surface area contributed by atoms with Crippen molar-refractivity contribution in [1.29, 1.82) is 0 Å². The number of benzene rings is 2. The second-order valence-corrected chi connectivity index (χ2v) is 8.06. The van der Waals surface area contributed by atoms with E-state index in [9.17, 15) is 9.59 Å². The molecule has 4 rings (SSSR count). The van der Waals surface area contributed by atoms with Crippen LogP contribution < -0.4 is 20.8 Å². The Morgan fingerprint density at radius 1 is 0.969 bits per heavy atom. The van der Waals surface area contributed by atoms with Crippen LogP contribution in [0.2, 0.25) is 0 Å². The Labute approximate surface area is 186 Å². The maximum absolute atomic E-state index is 13.4. The lowest BCUT2D eigenvalue weighted by Crippen LogP contribution is -2.34. The SMILES string of the molecule is COc1ccc(-c2nn(CC3CCCC3)c(=O)c(C(N)=O)c2-c2ccc(OC)cc2)cc1. The number of hydrogen-bond donors (Lipinski definition) is 1. The molecule has 0 atom stereocenters. The van der Waals surface area contributed by atoms with Gasteiger partial charge in [-0.15, -0.1) is 0 Å². The second-order valence-electron chi connectivity index (χ2n) is 8.06. The van der Waals surface area contributed by atoms with Crippen LogP contribution in [0, 0.1) is 5.92 Å². The van der Waals surface area contributed by atoms with Gasteiger partial charge >= 0.3 is 0 Å². The molecule has 0 radical (unpaired) electrons. The van der Waals surface area contributed by atoms with Crippen LogP contribution in [0.15, 0.2) is 53.3 Å². The van der Waals surface area contributed by atoms with E-state index in [4.69, 9.17) is 20.3 Å². The highest BCUT2D eigenvalue weighted by atomic mass is 16.5. The summed E-state index contributed by atoms with van der Waals surface area (Å²) >= 11 is 0. The monoisotopic (exact) mass is 433 g/mol. The standard InChI is InChI=1S/C25H27N3O4/c1-31-19-11-7-17(8-12-19)21-22(24(26)29)25(30)28(15-16-5-3-4-6-16)27-23(21)18-9-13-20(32-2)14-10-18/h7-14,16H,3-6,15H2,1-2H3,(H2,26,29). The molecule has 1 fully saturated rings. The molecular formula is C25H27N3O4. The highest BCUT2D eigenvalue weighted by Gasteiger charge is 2.25. The second kappa shape index (κ2) is 9.26. The number of nitrogens with zero attached hydrogens (tertiary/aromatic N) is 2. The summed E-state index contributed by atoms with van der Waals surface area (Å²) in [5.74, 6) is 0.978. The third-order valence-corrected chi connectivity index (χ3v) is 6.05. The highest BCUT2D eigenvalue weighted by Crippen LogP contribution is 2.34. The van der Waals surface area contributed by atoms with E-state index in [1.165, 1.54) is 4.68 Å². The van der Waals surface area contributed by atoms with Gasteiger partial charge in [-0.2, -0.15) is 5.10 Å². The number of hydrogen-bond acceptors (Lipinski definition) is 5.